The summed E-state index contributed by atoms with van der Waals surface area (Å²) in [6, 6.07) is 36.9. The van der Waals surface area contributed by atoms with Crippen LogP contribution in [0, 0.1) is 6.92 Å². The van der Waals surface area contributed by atoms with Gasteiger partial charge >= 0.3 is 5.97 Å². The number of rotatable bonds is 5. The maximum absolute atomic E-state index is 12.1. The minimum Gasteiger partial charge on any atom is -0.478 e. The van der Waals surface area contributed by atoms with Gasteiger partial charge in [0, 0.05) is 29.2 Å². The van der Waals surface area contributed by atoms with Crippen molar-refractivity contribution in [3.05, 3.63) is 132 Å². The number of carboxylic acids is 1. The van der Waals surface area contributed by atoms with Gasteiger partial charge in [-0.2, -0.15) is 0 Å². The van der Waals surface area contributed by atoms with Gasteiger partial charge in [-0.15, -0.1) is 0 Å². The maximum Gasteiger partial charge on any atom is 0.336 e. The SMILES string of the molecule is Cc1ccc(-c2cn(Cc3cccc4ccccc34)c3cccc(-c4ccccc4C(=O)O)c23)cc1. The molecule has 36 heavy (non-hydrogen) atoms. The van der Waals surface area contributed by atoms with Gasteiger partial charge in [0.25, 0.3) is 0 Å². The van der Waals surface area contributed by atoms with E-state index < -0.39 is 5.97 Å². The maximum atomic E-state index is 12.1. The fourth-order valence-corrected chi connectivity index (χ4v) is 5.18. The van der Waals surface area contributed by atoms with Crippen LogP contribution in [0.3, 0.4) is 0 Å². The third-order valence-corrected chi connectivity index (χ3v) is 6.94. The first-order chi connectivity index (χ1) is 17.6. The fourth-order valence-electron chi connectivity index (χ4n) is 5.18. The highest BCUT2D eigenvalue weighted by Gasteiger charge is 2.19. The first kappa shape index (κ1) is 21.9. The number of carbonyl (C=O) groups is 1. The lowest BCUT2D eigenvalue weighted by molar-refractivity contribution is 0.0697. The van der Waals surface area contributed by atoms with Crippen LogP contribution in [0.5, 0.6) is 0 Å². The Labute approximate surface area is 209 Å². The molecule has 6 aromatic rings. The van der Waals surface area contributed by atoms with Gasteiger partial charge in [0.1, 0.15) is 0 Å². The van der Waals surface area contributed by atoms with E-state index in [4.69, 9.17) is 0 Å². The summed E-state index contributed by atoms with van der Waals surface area (Å²) in [6.45, 7) is 2.80. The minimum atomic E-state index is -0.922. The highest BCUT2D eigenvalue weighted by Crippen LogP contribution is 2.39. The smallest absolute Gasteiger partial charge is 0.336 e. The van der Waals surface area contributed by atoms with Crippen LogP contribution >= 0.6 is 0 Å². The second-order valence-electron chi connectivity index (χ2n) is 9.23. The lowest BCUT2D eigenvalue weighted by Gasteiger charge is -2.11. The molecule has 1 heterocycles. The number of hydrogen-bond acceptors (Lipinski definition) is 1. The number of nitrogens with zero attached hydrogens (tertiary/aromatic N) is 1. The van der Waals surface area contributed by atoms with E-state index in [1.807, 2.05) is 24.3 Å². The van der Waals surface area contributed by atoms with Crippen molar-refractivity contribution < 1.29 is 9.90 Å². The van der Waals surface area contributed by atoms with E-state index >= 15 is 0 Å². The average molecular weight is 468 g/mol. The molecule has 0 saturated heterocycles. The molecule has 0 atom stereocenters. The van der Waals surface area contributed by atoms with E-state index in [9.17, 15) is 9.90 Å². The number of aryl methyl sites for hydroxylation is 1. The van der Waals surface area contributed by atoms with Crippen LogP contribution in [0.1, 0.15) is 21.5 Å². The minimum absolute atomic E-state index is 0.307. The number of benzene rings is 5. The molecule has 0 aliphatic heterocycles. The van der Waals surface area contributed by atoms with Gasteiger partial charge in [-0.05, 0) is 52.1 Å². The third-order valence-electron chi connectivity index (χ3n) is 6.94. The summed E-state index contributed by atoms with van der Waals surface area (Å²) in [5, 5.41) is 13.4. The molecule has 0 amide bonds. The zero-order valence-corrected chi connectivity index (χ0v) is 20.0. The average Bonchev–Trinajstić information content (AvgIpc) is 3.28. The van der Waals surface area contributed by atoms with Crippen molar-refractivity contribution >= 4 is 27.6 Å². The summed E-state index contributed by atoms with van der Waals surface area (Å²) in [4.78, 5) is 12.1. The lowest BCUT2D eigenvalue weighted by Crippen LogP contribution is -2.00. The van der Waals surface area contributed by atoms with Crippen molar-refractivity contribution in [1.82, 2.24) is 4.57 Å². The van der Waals surface area contributed by atoms with Crippen molar-refractivity contribution in [3.63, 3.8) is 0 Å². The molecule has 174 valence electrons. The molecule has 0 aliphatic rings. The topological polar surface area (TPSA) is 42.2 Å². The quantitative estimate of drug-likeness (QED) is 0.278. The Morgan fingerprint density at radius 1 is 0.722 bits per heavy atom. The van der Waals surface area contributed by atoms with Gasteiger partial charge in [-0.1, -0.05) is 103 Å². The normalized spacial score (nSPS) is 11.2. The Morgan fingerprint density at radius 2 is 1.42 bits per heavy atom. The largest absolute Gasteiger partial charge is 0.478 e. The third kappa shape index (κ3) is 3.75. The summed E-state index contributed by atoms with van der Waals surface area (Å²) < 4.78 is 2.29. The number of aromatic nitrogens is 1. The molecule has 0 bridgehead atoms. The van der Waals surface area contributed by atoms with Crippen molar-refractivity contribution in [1.29, 1.82) is 0 Å². The molecule has 0 saturated carbocycles. The summed E-state index contributed by atoms with van der Waals surface area (Å²) >= 11 is 0. The Kier molecular flexibility index (Phi) is 5.38. The molecule has 0 radical (unpaired) electrons. The van der Waals surface area contributed by atoms with Gasteiger partial charge in [-0.3, -0.25) is 0 Å². The van der Waals surface area contributed by atoms with Crippen LogP contribution in [-0.4, -0.2) is 15.6 Å². The van der Waals surface area contributed by atoms with Gasteiger partial charge in [-0.25, -0.2) is 4.79 Å². The summed E-state index contributed by atoms with van der Waals surface area (Å²) in [5.41, 5.74) is 7.71. The van der Waals surface area contributed by atoms with E-state index in [-0.39, 0.29) is 0 Å². The standard InChI is InChI=1S/C33H25NO2/c1-22-16-18-24(19-17-22)30-21-34(20-25-10-6-9-23-8-2-3-11-26(23)25)31-15-7-14-28(32(30)31)27-12-4-5-13-29(27)33(35)36/h2-19,21H,20H2,1H3,(H,35,36). The van der Waals surface area contributed by atoms with Gasteiger partial charge in [0.05, 0.1) is 5.56 Å². The Balaban J connectivity index is 1.62. The van der Waals surface area contributed by atoms with Crippen LogP contribution in [0.15, 0.2) is 115 Å². The van der Waals surface area contributed by atoms with E-state index in [1.54, 1.807) is 12.1 Å². The predicted molar refractivity (Wildman–Crippen MR) is 148 cm³/mol. The predicted octanol–water partition coefficient (Wildman–Crippen LogP) is 8.18. The van der Waals surface area contributed by atoms with Crippen molar-refractivity contribution in [2.24, 2.45) is 0 Å². The first-order valence-electron chi connectivity index (χ1n) is 12.1. The van der Waals surface area contributed by atoms with Crippen molar-refractivity contribution in [2.75, 3.05) is 0 Å². The molecule has 0 unspecified atom stereocenters. The molecule has 3 nitrogen and oxygen atoms in total. The molecular formula is C33H25NO2. The highest BCUT2D eigenvalue weighted by atomic mass is 16.4. The number of hydrogen-bond donors (Lipinski definition) is 1. The monoisotopic (exact) mass is 467 g/mol. The molecule has 5 aromatic carbocycles. The van der Waals surface area contributed by atoms with E-state index in [1.165, 1.54) is 21.9 Å². The molecule has 3 heteroatoms. The fraction of sp³-hybridized carbons (Fsp3) is 0.0606. The summed E-state index contributed by atoms with van der Waals surface area (Å²) in [6.07, 6.45) is 2.21. The lowest BCUT2D eigenvalue weighted by atomic mass is 9.93. The highest BCUT2D eigenvalue weighted by molar-refractivity contribution is 6.09. The second-order valence-corrected chi connectivity index (χ2v) is 9.23. The number of fused-ring (bicyclic) bond motifs is 2. The second kappa shape index (κ2) is 8.86. The van der Waals surface area contributed by atoms with Crippen LogP contribution < -0.4 is 0 Å². The Morgan fingerprint density at radius 3 is 2.25 bits per heavy atom. The van der Waals surface area contributed by atoms with Crippen LogP contribution in [0.2, 0.25) is 0 Å². The Hall–Kier alpha value is -4.63. The van der Waals surface area contributed by atoms with Crippen LogP contribution in [-0.2, 0) is 6.54 Å². The molecule has 0 aliphatic carbocycles. The summed E-state index contributed by atoms with van der Waals surface area (Å²) in [5.74, 6) is -0.922. The van der Waals surface area contributed by atoms with Gasteiger partial charge in [0.15, 0.2) is 0 Å². The van der Waals surface area contributed by atoms with E-state index in [0.29, 0.717) is 12.1 Å². The van der Waals surface area contributed by atoms with Crippen LogP contribution in [0.4, 0.5) is 0 Å². The van der Waals surface area contributed by atoms with E-state index in [0.717, 1.165) is 33.2 Å². The zero-order chi connectivity index (χ0) is 24.6. The first-order valence-corrected chi connectivity index (χ1v) is 12.1. The molecule has 0 spiro atoms. The zero-order valence-electron chi connectivity index (χ0n) is 20.0. The molecular weight excluding hydrogens is 442 g/mol. The number of carboxylic acid groups (broad SMARTS) is 1. The van der Waals surface area contributed by atoms with Gasteiger partial charge < -0.3 is 9.67 Å². The van der Waals surface area contributed by atoms with E-state index in [2.05, 4.69) is 90.5 Å². The molecule has 0 fully saturated rings. The van der Waals surface area contributed by atoms with Crippen molar-refractivity contribution in [2.45, 2.75) is 13.5 Å². The Bertz CT molecular complexity index is 1740. The van der Waals surface area contributed by atoms with Crippen LogP contribution in [0.25, 0.3) is 43.9 Å². The molecule has 1 N–H and O–H groups in total. The van der Waals surface area contributed by atoms with Crippen molar-refractivity contribution in [3.8, 4) is 22.3 Å². The summed E-state index contributed by atoms with van der Waals surface area (Å²) in [7, 11) is 0. The molecule has 6 rings (SSSR count). The molecule has 1 aromatic heterocycles. The van der Waals surface area contributed by atoms with Gasteiger partial charge in [0.2, 0.25) is 0 Å². The number of aromatic carboxylic acids is 1.